The number of hydrogen-bond acceptors (Lipinski definition) is 5. The van der Waals surface area contributed by atoms with Crippen molar-refractivity contribution in [3.63, 3.8) is 0 Å². The number of carbonyl (C=O) groups is 2. The number of halogens is 2. The highest BCUT2D eigenvalue weighted by Gasteiger charge is 2.15. The highest BCUT2D eigenvalue weighted by molar-refractivity contribution is 9.10. The van der Waals surface area contributed by atoms with E-state index in [0.717, 1.165) is 10.0 Å². The molecule has 0 unspecified atom stereocenters. The fraction of sp³-hybridized carbons (Fsp3) is 0.125. The fourth-order valence-corrected chi connectivity index (χ4v) is 3.26. The Labute approximate surface area is 199 Å². The molecule has 0 heterocycles. The molecular formula is C24H20BrClN2O4. The lowest BCUT2D eigenvalue weighted by molar-refractivity contribution is -0.127. The Morgan fingerprint density at radius 3 is 2.62 bits per heavy atom. The van der Waals surface area contributed by atoms with E-state index in [2.05, 4.69) is 26.5 Å². The van der Waals surface area contributed by atoms with Crippen molar-refractivity contribution in [2.75, 3.05) is 0 Å². The normalized spacial score (nSPS) is 11.8. The number of hydrogen-bond donors (Lipinski definition) is 1. The van der Waals surface area contributed by atoms with Gasteiger partial charge in [0.2, 0.25) is 0 Å². The summed E-state index contributed by atoms with van der Waals surface area (Å²) >= 11 is 9.31. The molecule has 0 radical (unpaired) electrons. The topological polar surface area (TPSA) is 77.0 Å². The number of nitrogens with zero attached hydrogens (tertiary/aromatic N) is 1. The first-order valence-electron chi connectivity index (χ1n) is 9.65. The number of amides is 1. The molecule has 0 saturated carbocycles. The monoisotopic (exact) mass is 514 g/mol. The average molecular weight is 516 g/mol. The minimum absolute atomic E-state index is 0.306. The molecule has 8 heteroatoms. The summed E-state index contributed by atoms with van der Waals surface area (Å²) in [4.78, 5) is 24.8. The van der Waals surface area contributed by atoms with Crippen molar-refractivity contribution in [2.45, 2.75) is 20.0 Å². The fourth-order valence-electron chi connectivity index (χ4n) is 2.70. The van der Waals surface area contributed by atoms with E-state index in [1.54, 1.807) is 67.6 Å². The lowest BCUT2D eigenvalue weighted by atomic mass is 10.1. The van der Waals surface area contributed by atoms with Crippen LogP contribution in [0, 0.1) is 6.92 Å². The van der Waals surface area contributed by atoms with Crippen molar-refractivity contribution < 1.29 is 19.1 Å². The SMILES string of the molecule is Cc1cccc(C(=O)Oc2ccc(Br)cc2/C=N\NC(=O)[C@@H](C)Oc2cccc(Cl)c2)c1. The summed E-state index contributed by atoms with van der Waals surface area (Å²) in [6.45, 7) is 3.49. The predicted octanol–water partition coefficient (Wildman–Crippen LogP) is 5.55. The maximum atomic E-state index is 12.5. The van der Waals surface area contributed by atoms with E-state index in [1.807, 2.05) is 13.0 Å². The van der Waals surface area contributed by atoms with E-state index in [4.69, 9.17) is 21.1 Å². The second kappa shape index (κ2) is 10.9. The summed E-state index contributed by atoms with van der Waals surface area (Å²) in [6.07, 6.45) is 0.597. The number of aryl methyl sites for hydroxylation is 1. The van der Waals surface area contributed by atoms with Gasteiger partial charge in [-0.15, -0.1) is 0 Å². The van der Waals surface area contributed by atoms with E-state index in [9.17, 15) is 9.59 Å². The number of nitrogens with one attached hydrogen (secondary N) is 1. The molecule has 3 rings (SSSR count). The molecule has 0 spiro atoms. The molecule has 6 nitrogen and oxygen atoms in total. The Hall–Kier alpha value is -3.16. The van der Waals surface area contributed by atoms with Gasteiger partial charge in [0.1, 0.15) is 11.5 Å². The molecule has 0 aliphatic heterocycles. The number of ether oxygens (including phenoxy) is 2. The molecule has 164 valence electrons. The second-order valence-corrected chi connectivity index (χ2v) is 8.24. The third kappa shape index (κ3) is 6.67. The molecule has 0 fully saturated rings. The summed E-state index contributed by atoms with van der Waals surface area (Å²) in [6, 6.07) is 19.0. The molecule has 0 bridgehead atoms. The largest absolute Gasteiger partial charge is 0.481 e. The van der Waals surface area contributed by atoms with Gasteiger partial charge in [0.25, 0.3) is 5.91 Å². The Bertz CT molecular complexity index is 1170. The van der Waals surface area contributed by atoms with Gasteiger partial charge in [0.05, 0.1) is 11.8 Å². The van der Waals surface area contributed by atoms with E-state index < -0.39 is 18.0 Å². The zero-order chi connectivity index (χ0) is 23.1. The zero-order valence-electron chi connectivity index (χ0n) is 17.3. The van der Waals surface area contributed by atoms with E-state index in [-0.39, 0.29) is 0 Å². The number of hydrazone groups is 1. The highest BCUT2D eigenvalue weighted by Crippen LogP contribution is 2.23. The zero-order valence-corrected chi connectivity index (χ0v) is 19.7. The smallest absolute Gasteiger partial charge is 0.343 e. The predicted molar refractivity (Wildman–Crippen MR) is 128 cm³/mol. The molecule has 1 N–H and O–H groups in total. The summed E-state index contributed by atoms with van der Waals surface area (Å²) in [5, 5.41) is 4.48. The molecule has 3 aromatic rings. The Balaban J connectivity index is 1.66. The molecule has 0 aliphatic rings. The van der Waals surface area contributed by atoms with Gasteiger partial charge in [-0.1, -0.05) is 51.3 Å². The summed E-state index contributed by atoms with van der Waals surface area (Å²) in [7, 11) is 0. The van der Waals surface area contributed by atoms with Gasteiger partial charge in [0.15, 0.2) is 6.10 Å². The molecule has 3 aromatic carbocycles. The van der Waals surface area contributed by atoms with Crippen LogP contribution in [0.15, 0.2) is 76.3 Å². The molecule has 1 amide bonds. The summed E-state index contributed by atoms with van der Waals surface area (Å²) in [5.41, 5.74) is 4.32. The number of benzene rings is 3. The van der Waals surface area contributed by atoms with Gasteiger partial charge in [-0.2, -0.15) is 5.10 Å². The van der Waals surface area contributed by atoms with Gasteiger partial charge in [0, 0.05) is 15.1 Å². The number of esters is 1. The van der Waals surface area contributed by atoms with Crippen LogP contribution in [0.5, 0.6) is 11.5 Å². The lowest BCUT2D eigenvalue weighted by Gasteiger charge is -2.13. The van der Waals surface area contributed by atoms with Crippen LogP contribution in [0.3, 0.4) is 0 Å². The maximum absolute atomic E-state index is 12.5. The third-order valence-corrected chi connectivity index (χ3v) is 5.01. The summed E-state index contributed by atoms with van der Waals surface area (Å²) in [5.74, 6) is -0.157. The first kappa shape index (κ1) is 23.5. The number of carbonyl (C=O) groups excluding carboxylic acids is 2. The second-order valence-electron chi connectivity index (χ2n) is 6.89. The minimum atomic E-state index is -0.799. The van der Waals surface area contributed by atoms with Crippen LogP contribution in [0.2, 0.25) is 5.02 Å². The third-order valence-electron chi connectivity index (χ3n) is 4.28. The molecule has 1 atom stereocenters. The first-order valence-corrected chi connectivity index (χ1v) is 10.8. The lowest BCUT2D eigenvalue weighted by Crippen LogP contribution is -2.33. The van der Waals surface area contributed by atoms with Gasteiger partial charge in [-0.05, 0) is 62.4 Å². The van der Waals surface area contributed by atoms with Crippen LogP contribution in [-0.4, -0.2) is 24.2 Å². The van der Waals surface area contributed by atoms with Crippen LogP contribution < -0.4 is 14.9 Å². The molecule has 0 aromatic heterocycles. The molecule has 0 aliphatic carbocycles. The van der Waals surface area contributed by atoms with Crippen molar-refractivity contribution in [1.82, 2.24) is 5.43 Å². The first-order chi connectivity index (χ1) is 15.3. The molecule has 0 saturated heterocycles. The van der Waals surface area contributed by atoms with Crippen LogP contribution in [0.4, 0.5) is 0 Å². The van der Waals surface area contributed by atoms with Gasteiger partial charge in [-0.3, -0.25) is 4.79 Å². The van der Waals surface area contributed by atoms with E-state index in [1.165, 1.54) is 6.21 Å². The molecular weight excluding hydrogens is 496 g/mol. The van der Waals surface area contributed by atoms with Crippen LogP contribution >= 0.6 is 27.5 Å². The van der Waals surface area contributed by atoms with Crippen LogP contribution in [-0.2, 0) is 4.79 Å². The van der Waals surface area contributed by atoms with Gasteiger partial charge in [-0.25, -0.2) is 10.2 Å². The Morgan fingerprint density at radius 2 is 1.88 bits per heavy atom. The minimum Gasteiger partial charge on any atom is -0.481 e. The van der Waals surface area contributed by atoms with Crippen molar-refractivity contribution in [1.29, 1.82) is 0 Å². The van der Waals surface area contributed by atoms with Gasteiger partial charge < -0.3 is 9.47 Å². The van der Waals surface area contributed by atoms with Crippen molar-refractivity contribution in [2.24, 2.45) is 5.10 Å². The number of rotatable bonds is 7. The van der Waals surface area contributed by atoms with Crippen molar-refractivity contribution in [3.8, 4) is 11.5 Å². The van der Waals surface area contributed by atoms with Crippen molar-refractivity contribution >= 4 is 45.6 Å². The van der Waals surface area contributed by atoms with Crippen LogP contribution in [0.1, 0.15) is 28.4 Å². The van der Waals surface area contributed by atoms with Gasteiger partial charge >= 0.3 is 5.97 Å². The highest BCUT2D eigenvalue weighted by atomic mass is 79.9. The Morgan fingerprint density at radius 1 is 1.09 bits per heavy atom. The molecule has 32 heavy (non-hydrogen) atoms. The summed E-state index contributed by atoms with van der Waals surface area (Å²) < 4.78 is 11.9. The van der Waals surface area contributed by atoms with Crippen LogP contribution in [0.25, 0.3) is 0 Å². The maximum Gasteiger partial charge on any atom is 0.343 e. The van der Waals surface area contributed by atoms with E-state index >= 15 is 0 Å². The quantitative estimate of drug-likeness (QED) is 0.194. The standard InChI is InChI=1S/C24H20BrClN2O4/c1-15-5-3-6-17(11-15)24(30)32-22-10-9-19(25)12-18(22)14-27-28-23(29)16(2)31-21-8-4-7-20(26)13-21/h3-14,16H,1-2H3,(H,28,29)/b27-14-/t16-/m1/s1. The van der Waals surface area contributed by atoms with E-state index in [0.29, 0.717) is 27.6 Å². The van der Waals surface area contributed by atoms with Crippen molar-refractivity contribution in [3.05, 3.63) is 92.9 Å². The average Bonchev–Trinajstić information content (AvgIpc) is 2.75. The Kier molecular flexibility index (Phi) is 8.03.